The first-order valence-electron chi connectivity index (χ1n) is 5.93. The number of hydrogen-bond donors (Lipinski definition) is 1. The summed E-state index contributed by atoms with van der Waals surface area (Å²) >= 11 is 0. The first kappa shape index (κ1) is 14.4. The van der Waals surface area contributed by atoms with Crippen LogP contribution in [-0.2, 0) is 14.4 Å². The van der Waals surface area contributed by atoms with Gasteiger partial charge in [0.15, 0.2) is 6.61 Å². The molecule has 1 fully saturated rings. The first-order chi connectivity index (χ1) is 9.95. The molecule has 1 heterocycles. The zero-order valence-electron chi connectivity index (χ0n) is 10.8. The van der Waals surface area contributed by atoms with E-state index in [1.807, 2.05) is 0 Å². The minimum Gasteiger partial charge on any atom is -0.484 e. The summed E-state index contributed by atoms with van der Waals surface area (Å²) in [7, 11) is 0. The molecule has 1 aromatic rings. The van der Waals surface area contributed by atoms with Gasteiger partial charge in [-0.05, 0) is 12.1 Å². The van der Waals surface area contributed by atoms with Crippen LogP contribution in [0.1, 0.15) is 0 Å². The molecule has 3 amide bonds. The predicted octanol–water partition coefficient (Wildman–Crippen LogP) is -0.541. The Balaban J connectivity index is 1.90. The standard InChI is InChI=1S/C12H11N3O6/c16-10-5-14(6-11(17)13-10)12(18)7-21-9-3-1-8(2-4-9)15(19)20/h1-4H,5-7H2,(H,13,16,17). The van der Waals surface area contributed by atoms with E-state index < -0.39 is 22.6 Å². The maximum atomic E-state index is 11.8. The van der Waals surface area contributed by atoms with Gasteiger partial charge < -0.3 is 9.64 Å². The highest BCUT2D eigenvalue weighted by Gasteiger charge is 2.26. The maximum absolute atomic E-state index is 11.8. The highest BCUT2D eigenvalue weighted by molar-refractivity contribution is 6.02. The molecule has 0 aliphatic carbocycles. The smallest absolute Gasteiger partial charge is 0.269 e. The summed E-state index contributed by atoms with van der Waals surface area (Å²) in [6, 6.07) is 5.22. The van der Waals surface area contributed by atoms with Crippen LogP contribution in [0.5, 0.6) is 5.75 Å². The van der Waals surface area contributed by atoms with Crippen LogP contribution in [0.25, 0.3) is 0 Å². The number of piperazine rings is 1. The van der Waals surface area contributed by atoms with Crippen LogP contribution < -0.4 is 10.1 Å². The van der Waals surface area contributed by atoms with Gasteiger partial charge in [-0.15, -0.1) is 0 Å². The van der Waals surface area contributed by atoms with E-state index in [0.717, 1.165) is 4.90 Å². The molecule has 21 heavy (non-hydrogen) atoms. The maximum Gasteiger partial charge on any atom is 0.269 e. The van der Waals surface area contributed by atoms with Crippen molar-refractivity contribution < 1.29 is 24.0 Å². The summed E-state index contributed by atoms with van der Waals surface area (Å²) in [4.78, 5) is 45.1. The van der Waals surface area contributed by atoms with Crippen LogP contribution in [0.15, 0.2) is 24.3 Å². The summed E-state index contributed by atoms with van der Waals surface area (Å²) in [6.45, 7) is -0.763. The van der Waals surface area contributed by atoms with Gasteiger partial charge in [0.25, 0.3) is 11.6 Å². The van der Waals surface area contributed by atoms with E-state index in [1.165, 1.54) is 24.3 Å². The third-order valence-electron chi connectivity index (χ3n) is 2.71. The van der Waals surface area contributed by atoms with Crippen LogP contribution in [0.2, 0.25) is 0 Å². The van der Waals surface area contributed by atoms with E-state index in [0.29, 0.717) is 0 Å². The van der Waals surface area contributed by atoms with Gasteiger partial charge in [0, 0.05) is 12.1 Å². The number of carbonyl (C=O) groups is 3. The Kier molecular flexibility index (Phi) is 4.12. The highest BCUT2D eigenvalue weighted by atomic mass is 16.6. The van der Waals surface area contributed by atoms with Crippen molar-refractivity contribution in [2.45, 2.75) is 0 Å². The molecule has 1 N–H and O–H groups in total. The lowest BCUT2D eigenvalue weighted by atomic mass is 10.3. The van der Waals surface area contributed by atoms with Crippen molar-refractivity contribution in [3.05, 3.63) is 34.4 Å². The molecule has 9 heteroatoms. The van der Waals surface area contributed by atoms with E-state index in [1.54, 1.807) is 0 Å². The molecule has 1 aromatic carbocycles. The molecule has 0 bridgehead atoms. The average molecular weight is 293 g/mol. The molecule has 0 saturated carbocycles. The second kappa shape index (κ2) is 5.99. The number of ether oxygens (including phenoxy) is 1. The van der Waals surface area contributed by atoms with Crippen LogP contribution in [-0.4, -0.2) is 47.2 Å². The van der Waals surface area contributed by atoms with Crippen molar-refractivity contribution >= 4 is 23.4 Å². The predicted molar refractivity (Wildman–Crippen MR) is 68.3 cm³/mol. The Labute approximate surface area is 118 Å². The zero-order chi connectivity index (χ0) is 15.4. The normalized spacial score (nSPS) is 14.6. The van der Waals surface area contributed by atoms with Gasteiger partial charge in [-0.3, -0.25) is 29.8 Å². The van der Waals surface area contributed by atoms with Crippen molar-refractivity contribution in [1.29, 1.82) is 0 Å². The van der Waals surface area contributed by atoms with Gasteiger partial charge in [-0.25, -0.2) is 0 Å². The van der Waals surface area contributed by atoms with Gasteiger partial charge in [-0.2, -0.15) is 0 Å². The number of imide groups is 1. The zero-order valence-corrected chi connectivity index (χ0v) is 10.8. The molecule has 1 aliphatic rings. The third-order valence-corrected chi connectivity index (χ3v) is 2.71. The van der Waals surface area contributed by atoms with E-state index >= 15 is 0 Å². The van der Waals surface area contributed by atoms with Gasteiger partial charge in [-0.1, -0.05) is 0 Å². The molecule has 0 radical (unpaired) electrons. The summed E-state index contributed by atoms with van der Waals surface area (Å²) in [5.74, 6) is -1.33. The lowest BCUT2D eigenvalue weighted by Gasteiger charge is -2.25. The molecule has 0 spiro atoms. The summed E-state index contributed by atoms with van der Waals surface area (Å²) in [6.07, 6.45) is 0. The number of carbonyl (C=O) groups excluding carboxylic acids is 3. The Morgan fingerprint density at radius 2 is 1.81 bits per heavy atom. The van der Waals surface area contributed by atoms with Crippen molar-refractivity contribution in [3.8, 4) is 5.75 Å². The second-order valence-electron chi connectivity index (χ2n) is 4.26. The molecule has 2 rings (SSSR count). The highest BCUT2D eigenvalue weighted by Crippen LogP contribution is 2.17. The number of nitro groups is 1. The number of nitrogens with zero attached hydrogens (tertiary/aromatic N) is 2. The van der Waals surface area contributed by atoms with Crippen LogP contribution in [0, 0.1) is 10.1 Å². The van der Waals surface area contributed by atoms with Crippen molar-refractivity contribution in [1.82, 2.24) is 10.2 Å². The van der Waals surface area contributed by atoms with Crippen LogP contribution in [0.4, 0.5) is 5.69 Å². The molecular weight excluding hydrogens is 282 g/mol. The summed E-state index contributed by atoms with van der Waals surface area (Å²) < 4.78 is 5.17. The van der Waals surface area contributed by atoms with Crippen molar-refractivity contribution in [2.75, 3.05) is 19.7 Å². The number of nitro benzene ring substituents is 1. The number of hydrogen-bond acceptors (Lipinski definition) is 6. The minimum atomic E-state index is -0.549. The van der Waals surface area contributed by atoms with Gasteiger partial charge in [0.1, 0.15) is 18.8 Å². The first-order valence-corrected chi connectivity index (χ1v) is 5.93. The van der Waals surface area contributed by atoms with E-state index in [2.05, 4.69) is 5.32 Å². The molecule has 1 saturated heterocycles. The molecular formula is C12H11N3O6. The number of benzene rings is 1. The minimum absolute atomic E-state index is 0.0908. The quantitative estimate of drug-likeness (QED) is 0.452. The molecule has 110 valence electrons. The fourth-order valence-electron chi connectivity index (χ4n) is 1.71. The third kappa shape index (κ3) is 3.75. The second-order valence-corrected chi connectivity index (χ2v) is 4.26. The van der Waals surface area contributed by atoms with Crippen LogP contribution in [0.3, 0.4) is 0 Å². The SMILES string of the molecule is O=C1CN(C(=O)COc2ccc([N+](=O)[O-])cc2)CC(=O)N1. The molecule has 0 aromatic heterocycles. The largest absolute Gasteiger partial charge is 0.484 e. The van der Waals surface area contributed by atoms with Gasteiger partial charge in [0.2, 0.25) is 11.8 Å². The van der Waals surface area contributed by atoms with Crippen molar-refractivity contribution in [3.63, 3.8) is 0 Å². The number of amides is 3. The Bertz CT molecular complexity index is 582. The molecule has 1 aliphatic heterocycles. The monoisotopic (exact) mass is 293 g/mol. The van der Waals surface area contributed by atoms with Gasteiger partial charge >= 0.3 is 0 Å². The van der Waals surface area contributed by atoms with Crippen LogP contribution >= 0.6 is 0 Å². The number of nitrogens with one attached hydrogen (secondary N) is 1. The molecule has 0 unspecified atom stereocenters. The Morgan fingerprint density at radius 3 is 2.33 bits per heavy atom. The summed E-state index contributed by atoms with van der Waals surface area (Å²) in [5.41, 5.74) is -0.0908. The number of rotatable bonds is 4. The van der Waals surface area contributed by atoms with Crippen molar-refractivity contribution in [2.24, 2.45) is 0 Å². The lowest BCUT2D eigenvalue weighted by molar-refractivity contribution is -0.384. The lowest BCUT2D eigenvalue weighted by Crippen LogP contribution is -2.54. The van der Waals surface area contributed by atoms with Gasteiger partial charge in [0.05, 0.1) is 4.92 Å². The topological polar surface area (TPSA) is 119 Å². The summed E-state index contributed by atoms with van der Waals surface area (Å²) in [5, 5.41) is 12.6. The van der Waals surface area contributed by atoms with E-state index in [4.69, 9.17) is 4.74 Å². The molecule has 9 nitrogen and oxygen atoms in total. The van der Waals surface area contributed by atoms with E-state index in [-0.39, 0.29) is 31.1 Å². The molecule has 0 atom stereocenters. The average Bonchev–Trinajstić information content (AvgIpc) is 2.44. The fraction of sp³-hybridized carbons (Fsp3) is 0.250. The number of non-ortho nitro benzene ring substituents is 1. The van der Waals surface area contributed by atoms with E-state index in [9.17, 15) is 24.5 Å². The Hall–Kier alpha value is -2.97. The Morgan fingerprint density at radius 1 is 1.24 bits per heavy atom. The fourth-order valence-corrected chi connectivity index (χ4v) is 1.71.